The van der Waals surface area contributed by atoms with Crippen molar-refractivity contribution < 1.29 is 14.7 Å². The Kier molecular flexibility index (Phi) is 5.02. The lowest BCUT2D eigenvalue weighted by molar-refractivity contribution is -0.132. The molecule has 0 atom stereocenters. The van der Waals surface area contributed by atoms with Gasteiger partial charge in [0.05, 0.1) is 0 Å². The topological polar surface area (TPSA) is 57.6 Å². The van der Waals surface area contributed by atoms with Crippen molar-refractivity contribution in [2.75, 3.05) is 13.6 Å². The highest BCUT2D eigenvalue weighted by atomic mass is 16.4. The largest absolute Gasteiger partial charge is 0.478 e. The van der Waals surface area contributed by atoms with Crippen LogP contribution in [0.2, 0.25) is 0 Å². The van der Waals surface area contributed by atoms with Crippen LogP contribution in [0.4, 0.5) is 0 Å². The highest BCUT2D eigenvalue weighted by Gasteiger charge is 2.16. The number of carboxylic acids is 1. The van der Waals surface area contributed by atoms with E-state index in [0.29, 0.717) is 5.92 Å². The van der Waals surface area contributed by atoms with E-state index in [2.05, 4.69) is 0 Å². The number of rotatable bonds is 4. The molecule has 0 heterocycles. The van der Waals surface area contributed by atoms with E-state index in [1.807, 2.05) is 0 Å². The molecule has 1 saturated carbocycles. The predicted molar refractivity (Wildman–Crippen MR) is 61.0 cm³/mol. The molecule has 1 N–H and O–H groups in total. The lowest BCUT2D eigenvalue weighted by Crippen LogP contribution is -2.31. The van der Waals surface area contributed by atoms with Crippen molar-refractivity contribution in [3.05, 3.63) is 12.2 Å². The van der Waals surface area contributed by atoms with E-state index in [9.17, 15) is 9.59 Å². The van der Waals surface area contributed by atoms with Crippen LogP contribution in [0.25, 0.3) is 0 Å². The maximum atomic E-state index is 11.5. The quantitative estimate of drug-likeness (QED) is 0.740. The summed E-state index contributed by atoms with van der Waals surface area (Å²) >= 11 is 0. The third-order valence-electron chi connectivity index (χ3n) is 3.00. The van der Waals surface area contributed by atoms with E-state index in [1.165, 1.54) is 32.1 Å². The third kappa shape index (κ3) is 4.47. The highest BCUT2D eigenvalue weighted by Crippen LogP contribution is 2.24. The molecule has 4 heteroatoms. The minimum atomic E-state index is -1.08. The van der Waals surface area contributed by atoms with Gasteiger partial charge in [0.1, 0.15) is 0 Å². The van der Waals surface area contributed by atoms with Crippen molar-refractivity contribution in [2.24, 2.45) is 5.92 Å². The number of aliphatic carboxylic acids is 1. The molecule has 0 spiro atoms. The number of likely N-dealkylation sites (N-methyl/N-ethyl adjacent to an activating group) is 1. The Bertz CT molecular complexity index is 280. The Morgan fingerprint density at radius 2 is 1.88 bits per heavy atom. The van der Waals surface area contributed by atoms with E-state index < -0.39 is 5.97 Å². The molecular formula is C12H19NO3. The van der Waals surface area contributed by atoms with Gasteiger partial charge in [-0.25, -0.2) is 4.79 Å². The first-order valence-corrected chi connectivity index (χ1v) is 5.75. The van der Waals surface area contributed by atoms with Gasteiger partial charge in [-0.05, 0) is 18.8 Å². The average molecular weight is 225 g/mol. The highest BCUT2D eigenvalue weighted by molar-refractivity contribution is 5.93. The van der Waals surface area contributed by atoms with E-state index in [4.69, 9.17) is 5.11 Å². The number of carbonyl (C=O) groups is 2. The molecule has 0 aromatic heterocycles. The third-order valence-corrected chi connectivity index (χ3v) is 3.00. The molecule has 90 valence electrons. The molecule has 0 unspecified atom stereocenters. The summed E-state index contributed by atoms with van der Waals surface area (Å²) in [6.45, 7) is 0.739. The van der Waals surface area contributed by atoms with E-state index >= 15 is 0 Å². The molecule has 1 aliphatic rings. The van der Waals surface area contributed by atoms with Crippen molar-refractivity contribution >= 4 is 11.9 Å². The van der Waals surface area contributed by atoms with Crippen molar-refractivity contribution in [3.8, 4) is 0 Å². The van der Waals surface area contributed by atoms with Gasteiger partial charge in [-0.1, -0.05) is 19.3 Å². The molecule has 0 saturated heterocycles. The fraction of sp³-hybridized carbons (Fsp3) is 0.667. The summed E-state index contributed by atoms with van der Waals surface area (Å²) in [5, 5.41) is 8.41. The van der Waals surface area contributed by atoms with Crippen LogP contribution in [0.15, 0.2) is 12.2 Å². The molecule has 0 aromatic rings. The molecule has 4 nitrogen and oxygen atoms in total. The summed E-state index contributed by atoms with van der Waals surface area (Å²) < 4.78 is 0. The molecule has 0 radical (unpaired) electrons. The lowest BCUT2D eigenvalue weighted by Gasteiger charge is -2.26. The maximum absolute atomic E-state index is 11.5. The standard InChI is InChI=1S/C12H19NO3/c1-13(11(14)7-8-12(15)16)9-10-5-3-2-4-6-10/h7-8,10H,2-6,9H2,1H3,(H,15,16)/b8-7+. The first-order chi connectivity index (χ1) is 7.59. The zero-order valence-electron chi connectivity index (χ0n) is 9.69. The number of nitrogens with zero attached hydrogens (tertiary/aromatic N) is 1. The van der Waals surface area contributed by atoms with Crippen LogP contribution in [-0.4, -0.2) is 35.5 Å². The van der Waals surface area contributed by atoms with E-state index in [1.54, 1.807) is 11.9 Å². The minimum Gasteiger partial charge on any atom is -0.478 e. The van der Waals surface area contributed by atoms with E-state index in [0.717, 1.165) is 18.7 Å². The Morgan fingerprint density at radius 1 is 1.25 bits per heavy atom. The molecule has 16 heavy (non-hydrogen) atoms. The maximum Gasteiger partial charge on any atom is 0.328 e. The van der Waals surface area contributed by atoms with Gasteiger partial charge in [0.2, 0.25) is 5.91 Å². The monoisotopic (exact) mass is 225 g/mol. The van der Waals surface area contributed by atoms with Crippen LogP contribution in [0.3, 0.4) is 0 Å². The van der Waals surface area contributed by atoms with Crippen molar-refractivity contribution in [1.82, 2.24) is 4.90 Å². The molecular weight excluding hydrogens is 206 g/mol. The number of hydrogen-bond acceptors (Lipinski definition) is 2. The molecule has 0 bridgehead atoms. The minimum absolute atomic E-state index is 0.229. The zero-order chi connectivity index (χ0) is 12.0. The number of carbonyl (C=O) groups excluding carboxylic acids is 1. The predicted octanol–water partition coefficient (Wildman–Crippen LogP) is 1.67. The second-order valence-electron chi connectivity index (χ2n) is 4.39. The summed E-state index contributed by atoms with van der Waals surface area (Å²) in [6.07, 6.45) is 8.16. The number of carboxylic acid groups (broad SMARTS) is 1. The van der Waals surface area contributed by atoms with Gasteiger partial charge in [-0.2, -0.15) is 0 Å². The van der Waals surface area contributed by atoms with Gasteiger partial charge in [-0.3, -0.25) is 4.79 Å². The van der Waals surface area contributed by atoms with Crippen LogP contribution >= 0.6 is 0 Å². The summed E-state index contributed by atoms with van der Waals surface area (Å²) in [5.74, 6) is -0.728. The Morgan fingerprint density at radius 3 is 2.44 bits per heavy atom. The average Bonchev–Trinajstić information content (AvgIpc) is 2.27. The Hall–Kier alpha value is -1.32. The van der Waals surface area contributed by atoms with Gasteiger partial charge >= 0.3 is 5.97 Å². The second kappa shape index (κ2) is 6.30. The Labute approximate surface area is 95.9 Å². The second-order valence-corrected chi connectivity index (χ2v) is 4.39. The summed E-state index contributed by atoms with van der Waals surface area (Å²) in [4.78, 5) is 23.4. The van der Waals surface area contributed by atoms with Gasteiger partial charge < -0.3 is 10.0 Å². The van der Waals surface area contributed by atoms with Crippen molar-refractivity contribution in [3.63, 3.8) is 0 Å². The zero-order valence-corrected chi connectivity index (χ0v) is 9.69. The summed E-state index contributed by atoms with van der Waals surface area (Å²) in [6, 6.07) is 0. The molecule has 0 aromatic carbocycles. The lowest BCUT2D eigenvalue weighted by atomic mass is 9.89. The van der Waals surface area contributed by atoms with E-state index in [-0.39, 0.29) is 5.91 Å². The van der Waals surface area contributed by atoms with Gasteiger partial charge in [0.15, 0.2) is 0 Å². The van der Waals surface area contributed by atoms with Gasteiger partial charge in [0, 0.05) is 25.7 Å². The molecule has 1 aliphatic carbocycles. The summed E-state index contributed by atoms with van der Waals surface area (Å²) in [7, 11) is 1.73. The van der Waals surface area contributed by atoms with Crippen LogP contribution in [0.5, 0.6) is 0 Å². The van der Waals surface area contributed by atoms with Crippen LogP contribution < -0.4 is 0 Å². The SMILES string of the molecule is CN(CC1CCCCC1)C(=O)/C=C/C(=O)O. The van der Waals surface area contributed by atoms with Gasteiger partial charge in [-0.15, -0.1) is 0 Å². The fourth-order valence-electron chi connectivity index (χ4n) is 2.12. The first-order valence-electron chi connectivity index (χ1n) is 5.75. The molecule has 1 rings (SSSR count). The number of hydrogen-bond donors (Lipinski definition) is 1. The smallest absolute Gasteiger partial charge is 0.328 e. The van der Waals surface area contributed by atoms with Crippen LogP contribution in [0.1, 0.15) is 32.1 Å². The van der Waals surface area contributed by atoms with Crippen molar-refractivity contribution in [1.29, 1.82) is 0 Å². The first kappa shape index (κ1) is 12.7. The van der Waals surface area contributed by atoms with Crippen LogP contribution in [-0.2, 0) is 9.59 Å². The number of amides is 1. The normalized spacial score (nSPS) is 17.6. The van der Waals surface area contributed by atoms with Crippen molar-refractivity contribution in [2.45, 2.75) is 32.1 Å². The Balaban J connectivity index is 2.35. The van der Waals surface area contributed by atoms with Crippen LogP contribution in [0, 0.1) is 5.92 Å². The molecule has 1 amide bonds. The summed E-state index contributed by atoms with van der Waals surface area (Å²) in [5.41, 5.74) is 0. The van der Waals surface area contributed by atoms with Gasteiger partial charge in [0.25, 0.3) is 0 Å². The molecule has 0 aliphatic heterocycles. The molecule has 1 fully saturated rings. The fourth-order valence-corrected chi connectivity index (χ4v) is 2.12.